The SMILES string of the molecule is C=CCOC(=O)N(C)CCN(CCC(=O)C[C@H]1NC(=O)[C@@H]1[C@](O[SiH3])(C(C)C)C(C)(C)C)C(=O)OCC=C. The lowest BCUT2D eigenvalue weighted by molar-refractivity contribution is -0.173. The molecule has 1 N–H and O–H groups in total. The lowest BCUT2D eigenvalue weighted by Crippen LogP contribution is -2.72. The number of likely N-dealkylation sites (N-methyl/N-ethyl adjacent to an activating group) is 1. The molecule has 11 heteroatoms. The third-order valence-corrected chi connectivity index (χ3v) is 7.55. The predicted octanol–water partition coefficient (Wildman–Crippen LogP) is 2.07. The van der Waals surface area contributed by atoms with Gasteiger partial charge in [0.25, 0.3) is 0 Å². The molecule has 0 bridgehead atoms. The Morgan fingerprint density at radius 1 is 1.05 bits per heavy atom. The van der Waals surface area contributed by atoms with Gasteiger partial charge in [0, 0.05) is 39.5 Å². The van der Waals surface area contributed by atoms with Crippen LogP contribution in [-0.4, -0.2) is 95.7 Å². The van der Waals surface area contributed by atoms with Gasteiger partial charge >= 0.3 is 12.2 Å². The fourth-order valence-electron chi connectivity index (χ4n) is 5.19. The molecule has 1 aliphatic heterocycles. The molecule has 0 aromatic carbocycles. The van der Waals surface area contributed by atoms with E-state index in [0.717, 1.165) is 0 Å². The van der Waals surface area contributed by atoms with E-state index in [2.05, 4.69) is 39.2 Å². The lowest BCUT2D eigenvalue weighted by atomic mass is 9.58. The number of ketones is 1. The first kappa shape index (κ1) is 32.4. The Hall–Kier alpha value is -2.66. The smallest absolute Gasteiger partial charge is 0.410 e. The molecule has 37 heavy (non-hydrogen) atoms. The molecular weight excluding hydrogens is 494 g/mol. The molecule has 1 aliphatic rings. The normalized spacial score (nSPS) is 18.7. The highest BCUT2D eigenvalue weighted by Crippen LogP contribution is 2.49. The van der Waals surface area contributed by atoms with Crippen LogP contribution in [0.1, 0.15) is 47.5 Å². The number of amides is 3. The Morgan fingerprint density at radius 2 is 1.62 bits per heavy atom. The molecule has 0 spiro atoms. The van der Waals surface area contributed by atoms with Gasteiger partial charge in [0.15, 0.2) is 0 Å². The van der Waals surface area contributed by atoms with Gasteiger partial charge in [0.2, 0.25) is 5.91 Å². The number of nitrogens with one attached hydrogen (secondary N) is 1. The van der Waals surface area contributed by atoms with Crippen LogP contribution in [0.25, 0.3) is 0 Å². The molecule has 10 nitrogen and oxygen atoms in total. The average molecular weight is 540 g/mol. The van der Waals surface area contributed by atoms with Crippen molar-refractivity contribution in [1.82, 2.24) is 15.1 Å². The zero-order valence-electron chi connectivity index (χ0n) is 23.5. The molecule has 0 aromatic heterocycles. The maximum Gasteiger partial charge on any atom is 0.410 e. The number of rotatable bonds is 15. The van der Waals surface area contributed by atoms with Gasteiger partial charge in [-0.15, -0.1) is 0 Å². The van der Waals surface area contributed by atoms with Crippen molar-refractivity contribution in [2.75, 3.05) is 39.9 Å². The zero-order chi connectivity index (χ0) is 28.4. The summed E-state index contributed by atoms with van der Waals surface area (Å²) in [6.45, 7) is 17.9. The van der Waals surface area contributed by atoms with Crippen LogP contribution in [0.4, 0.5) is 9.59 Å². The summed E-state index contributed by atoms with van der Waals surface area (Å²) in [6, 6.07) is -0.331. The van der Waals surface area contributed by atoms with Crippen molar-refractivity contribution in [3.05, 3.63) is 25.3 Å². The van der Waals surface area contributed by atoms with Gasteiger partial charge in [-0.25, -0.2) is 9.59 Å². The molecule has 3 amide bonds. The van der Waals surface area contributed by atoms with Crippen molar-refractivity contribution in [3.63, 3.8) is 0 Å². The summed E-state index contributed by atoms with van der Waals surface area (Å²) in [5.74, 6) is -0.546. The fraction of sp³-hybridized carbons (Fsp3) is 0.692. The Kier molecular flexibility index (Phi) is 12.5. The Balaban J connectivity index is 2.85. The highest BCUT2D eigenvalue weighted by molar-refractivity contribution is 5.99. The van der Waals surface area contributed by atoms with E-state index in [1.54, 1.807) is 7.05 Å². The van der Waals surface area contributed by atoms with Crippen LogP contribution in [0.3, 0.4) is 0 Å². The topological polar surface area (TPSA) is 114 Å². The van der Waals surface area contributed by atoms with E-state index in [9.17, 15) is 19.2 Å². The predicted molar refractivity (Wildman–Crippen MR) is 145 cm³/mol. The molecule has 0 aromatic rings. The van der Waals surface area contributed by atoms with E-state index in [4.69, 9.17) is 13.9 Å². The first-order valence-electron chi connectivity index (χ1n) is 12.6. The molecule has 1 rings (SSSR count). The van der Waals surface area contributed by atoms with Gasteiger partial charge < -0.3 is 29.0 Å². The highest BCUT2D eigenvalue weighted by Gasteiger charge is 2.60. The minimum absolute atomic E-state index is 0.0285. The van der Waals surface area contributed by atoms with E-state index in [-0.39, 0.29) is 74.8 Å². The Morgan fingerprint density at radius 3 is 2.08 bits per heavy atom. The van der Waals surface area contributed by atoms with Crippen LogP contribution in [0.2, 0.25) is 0 Å². The molecule has 1 fully saturated rings. The number of Topliss-reactive ketones (excluding diaryl/α,β-unsaturated/α-hetero) is 1. The number of hydrogen-bond donors (Lipinski definition) is 1. The van der Waals surface area contributed by atoms with Gasteiger partial charge in [-0.3, -0.25) is 9.59 Å². The van der Waals surface area contributed by atoms with Crippen LogP contribution in [-0.2, 0) is 23.5 Å². The van der Waals surface area contributed by atoms with E-state index >= 15 is 0 Å². The lowest BCUT2D eigenvalue weighted by Gasteiger charge is -2.57. The summed E-state index contributed by atoms with van der Waals surface area (Å²) in [5.41, 5.74) is -0.991. The van der Waals surface area contributed by atoms with E-state index < -0.39 is 23.7 Å². The third-order valence-electron chi connectivity index (χ3n) is 6.87. The standard InChI is InChI=1S/C26H45N3O7Si/c1-9-15-34-23(32)28(8)13-14-29(24(33)35-16-10-2)12-11-19(30)17-20-21(22(31)27-20)26(36-37,18(3)4)25(5,6)7/h9-10,18,20-21H,1-2,11-17H2,3-8,37H3,(H,27,31)/t20-,21-,26-/m1/s1. The van der Waals surface area contributed by atoms with Crippen LogP contribution in [0.5, 0.6) is 0 Å². The number of ether oxygens (including phenoxy) is 2. The molecule has 210 valence electrons. The molecule has 0 radical (unpaired) electrons. The third kappa shape index (κ3) is 8.16. The van der Waals surface area contributed by atoms with Gasteiger partial charge in [0.05, 0.1) is 17.6 Å². The monoisotopic (exact) mass is 539 g/mol. The van der Waals surface area contributed by atoms with Gasteiger partial charge in [-0.05, 0) is 11.3 Å². The first-order chi connectivity index (χ1) is 17.3. The van der Waals surface area contributed by atoms with Gasteiger partial charge in [-0.2, -0.15) is 0 Å². The Labute approximate surface area is 224 Å². The van der Waals surface area contributed by atoms with E-state index in [0.29, 0.717) is 10.5 Å². The fourth-order valence-corrected chi connectivity index (χ4v) is 6.53. The van der Waals surface area contributed by atoms with Crippen LogP contribution in [0.15, 0.2) is 25.3 Å². The van der Waals surface area contributed by atoms with Crippen molar-refractivity contribution >= 4 is 34.4 Å². The van der Waals surface area contributed by atoms with E-state index in [1.165, 1.54) is 22.0 Å². The molecule has 1 heterocycles. The number of carbonyl (C=O) groups is 4. The van der Waals surface area contributed by atoms with Crippen molar-refractivity contribution in [3.8, 4) is 0 Å². The summed E-state index contributed by atoms with van der Waals surface area (Å²) in [7, 11) is 2.02. The number of hydrogen-bond acceptors (Lipinski definition) is 7. The largest absolute Gasteiger partial charge is 0.445 e. The second-order valence-corrected chi connectivity index (χ2v) is 11.0. The van der Waals surface area contributed by atoms with Gasteiger partial charge in [-0.1, -0.05) is 59.9 Å². The summed E-state index contributed by atoms with van der Waals surface area (Å²) in [5, 5.41) is 2.89. The van der Waals surface area contributed by atoms with E-state index in [1.807, 2.05) is 13.8 Å². The number of β-lactam (4-membered cyclic amide) rings is 1. The van der Waals surface area contributed by atoms with Gasteiger partial charge in [0.1, 0.15) is 29.5 Å². The number of nitrogens with zero attached hydrogens (tertiary/aromatic N) is 2. The summed E-state index contributed by atoms with van der Waals surface area (Å²) in [4.78, 5) is 52.9. The van der Waals surface area contributed by atoms with Crippen molar-refractivity contribution < 1.29 is 33.1 Å². The second kappa shape index (κ2) is 14.3. The molecule has 3 atom stereocenters. The quantitative estimate of drug-likeness (QED) is 0.192. The second-order valence-electron chi connectivity index (χ2n) is 10.6. The van der Waals surface area contributed by atoms with Crippen LogP contribution >= 0.6 is 0 Å². The minimum atomic E-state index is -0.683. The Bertz CT molecular complexity index is 843. The molecular formula is C26H45N3O7Si. The summed E-state index contributed by atoms with van der Waals surface area (Å²) >= 11 is 0. The number of carbonyl (C=O) groups excluding carboxylic acids is 4. The zero-order valence-corrected chi connectivity index (χ0v) is 25.5. The van der Waals surface area contributed by atoms with Crippen molar-refractivity contribution in [2.45, 2.75) is 59.1 Å². The maximum atomic E-state index is 13.0. The van der Waals surface area contributed by atoms with Crippen LogP contribution < -0.4 is 5.32 Å². The maximum absolute atomic E-state index is 13.0. The highest BCUT2D eigenvalue weighted by atomic mass is 28.2. The minimum Gasteiger partial charge on any atom is -0.445 e. The molecule has 0 unspecified atom stereocenters. The summed E-state index contributed by atoms with van der Waals surface area (Å²) in [6.07, 6.45) is 2.00. The average Bonchev–Trinajstić information content (AvgIpc) is 2.82. The first-order valence-corrected chi connectivity index (χ1v) is 13.5. The molecule has 0 saturated carbocycles. The van der Waals surface area contributed by atoms with Crippen molar-refractivity contribution in [1.29, 1.82) is 0 Å². The van der Waals surface area contributed by atoms with Crippen molar-refractivity contribution in [2.24, 2.45) is 17.3 Å². The van der Waals surface area contributed by atoms with Crippen LogP contribution in [0, 0.1) is 17.3 Å². The molecule has 0 aliphatic carbocycles. The summed E-state index contributed by atoms with van der Waals surface area (Å²) < 4.78 is 16.3. The molecule has 1 saturated heterocycles.